The first-order valence-electron chi connectivity index (χ1n) is 6.32. The van der Waals surface area contributed by atoms with Crippen LogP contribution in [0.3, 0.4) is 0 Å². The van der Waals surface area contributed by atoms with E-state index >= 15 is 0 Å². The van der Waals surface area contributed by atoms with Gasteiger partial charge in [-0.3, -0.25) is 0 Å². The first kappa shape index (κ1) is 12.8. The molecule has 102 valence electrons. The van der Waals surface area contributed by atoms with Crippen molar-refractivity contribution in [1.29, 1.82) is 0 Å². The van der Waals surface area contributed by atoms with Gasteiger partial charge in [0.25, 0.3) is 0 Å². The van der Waals surface area contributed by atoms with Crippen molar-refractivity contribution in [1.82, 2.24) is 9.88 Å². The number of methoxy groups -OCH3 is 1. The van der Waals surface area contributed by atoms with E-state index in [4.69, 9.17) is 21.1 Å². The molecule has 3 heterocycles. The number of allylic oxidation sites excluding steroid dienone is 2. The normalized spacial score (nSPS) is 34.1. The van der Waals surface area contributed by atoms with Crippen LogP contribution < -0.4 is 5.32 Å². The van der Waals surface area contributed by atoms with Gasteiger partial charge >= 0.3 is 0 Å². The average Bonchev–Trinajstić information content (AvgIpc) is 3.11. The van der Waals surface area contributed by atoms with Crippen molar-refractivity contribution in [3.8, 4) is 0 Å². The first-order chi connectivity index (χ1) is 9.19. The van der Waals surface area contributed by atoms with Gasteiger partial charge in [0.1, 0.15) is 11.4 Å². The average molecular weight is 281 g/mol. The molecular formula is C14H17ClN2O2. The van der Waals surface area contributed by atoms with Crippen LogP contribution in [-0.2, 0) is 9.47 Å². The summed E-state index contributed by atoms with van der Waals surface area (Å²) < 4.78 is 13.2. The Morgan fingerprint density at radius 3 is 2.84 bits per heavy atom. The number of hydrogen-bond donors (Lipinski definition) is 1. The zero-order chi connectivity index (χ0) is 13.3. The molecule has 1 fully saturated rings. The molecule has 1 aromatic rings. The Morgan fingerprint density at radius 1 is 1.42 bits per heavy atom. The van der Waals surface area contributed by atoms with Crippen molar-refractivity contribution < 1.29 is 9.47 Å². The van der Waals surface area contributed by atoms with Gasteiger partial charge in [-0.05, 0) is 24.3 Å². The summed E-state index contributed by atoms with van der Waals surface area (Å²) in [5.74, 6) is 0.922. The molecule has 5 heteroatoms. The van der Waals surface area contributed by atoms with E-state index in [-0.39, 0.29) is 0 Å². The van der Waals surface area contributed by atoms with Gasteiger partial charge in [-0.2, -0.15) is 0 Å². The van der Waals surface area contributed by atoms with Crippen molar-refractivity contribution >= 4 is 17.4 Å². The number of dihydropyridines is 1. The standard InChI is InChI=1S/C14H17ClN2O2/c1-18-13(7-10-19-11-13)14(15)6-4-5-12(16-14)17-8-2-3-9-17/h2-6,8-9,16H,7,10-11H2,1H3. The van der Waals surface area contributed by atoms with Crippen LogP contribution in [-0.4, -0.2) is 35.5 Å². The van der Waals surface area contributed by atoms with Gasteiger partial charge in [-0.15, -0.1) is 0 Å². The summed E-state index contributed by atoms with van der Waals surface area (Å²) in [6, 6.07) is 3.95. The molecule has 2 aliphatic rings. The minimum Gasteiger partial charge on any atom is -0.378 e. The van der Waals surface area contributed by atoms with Crippen LogP contribution in [0.2, 0.25) is 0 Å². The molecule has 0 amide bonds. The smallest absolute Gasteiger partial charge is 0.164 e. The van der Waals surface area contributed by atoms with E-state index in [9.17, 15) is 0 Å². The molecule has 1 aromatic heterocycles. The summed E-state index contributed by atoms with van der Waals surface area (Å²) in [6.45, 7) is 1.16. The SMILES string of the molecule is COC1(C2(Cl)C=CC=C(n3cccc3)N2)CCOC1. The van der Waals surface area contributed by atoms with Gasteiger partial charge in [0.2, 0.25) is 0 Å². The van der Waals surface area contributed by atoms with E-state index in [1.165, 1.54) is 0 Å². The van der Waals surface area contributed by atoms with Crippen LogP contribution in [0.4, 0.5) is 0 Å². The minimum atomic E-state index is -0.799. The fourth-order valence-electron chi connectivity index (χ4n) is 2.60. The molecular weight excluding hydrogens is 264 g/mol. The molecule has 1 saturated heterocycles. The molecule has 4 nitrogen and oxygen atoms in total. The lowest BCUT2D eigenvalue weighted by Crippen LogP contribution is -2.60. The van der Waals surface area contributed by atoms with Crippen molar-refractivity contribution in [2.75, 3.05) is 20.3 Å². The Morgan fingerprint density at radius 2 is 2.21 bits per heavy atom. The molecule has 2 atom stereocenters. The van der Waals surface area contributed by atoms with Crippen molar-refractivity contribution in [2.24, 2.45) is 0 Å². The van der Waals surface area contributed by atoms with Gasteiger partial charge in [0.15, 0.2) is 5.00 Å². The molecule has 2 aliphatic heterocycles. The number of aromatic nitrogens is 1. The Labute approximate surface area is 117 Å². The van der Waals surface area contributed by atoms with Gasteiger partial charge < -0.3 is 19.4 Å². The molecule has 0 aliphatic carbocycles. The second-order valence-corrected chi connectivity index (χ2v) is 5.44. The van der Waals surface area contributed by atoms with E-state index in [0.29, 0.717) is 13.2 Å². The molecule has 3 rings (SSSR count). The molecule has 1 N–H and O–H groups in total. The lowest BCUT2D eigenvalue weighted by Gasteiger charge is -2.43. The Bertz CT molecular complexity index is 504. The molecule has 0 spiro atoms. The summed E-state index contributed by atoms with van der Waals surface area (Å²) in [5, 5.41) is 3.36. The van der Waals surface area contributed by atoms with Gasteiger partial charge in [-0.25, -0.2) is 0 Å². The van der Waals surface area contributed by atoms with Crippen LogP contribution in [0.5, 0.6) is 0 Å². The minimum absolute atomic E-state index is 0.489. The number of nitrogens with zero attached hydrogens (tertiary/aromatic N) is 1. The summed E-state index contributed by atoms with van der Waals surface area (Å²) in [4.78, 5) is -0.799. The number of halogens is 1. The number of ether oxygens (including phenoxy) is 2. The highest BCUT2D eigenvalue weighted by molar-refractivity contribution is 6.26. The van der Waals surface area contributed by atoms with Crippen molar-refractivity contribution in [3.05, 3.63) is 42.8 Å². The van der Waals surface area contributed by atoms with E-state index in [0.717, 1.165) is 12.2 Å². The monoisotopic (exact) mass is 280 g/mol. The Balaban J connectivity index is 1.91. The maximum absolute atomic E-state index is 6.79. The fourth-order valence-corrected chi connectivity index (χ4v) is 2.99. The lowest BCUT2D eigenvalue weighted by molar-refractivity contribution is -0.0428. The van der Waals surface area contributed by atoms with Crippen LogP contribution in [0.15, 0.2) is 42.8 Å². The maximum atomic E-state index is 6.79. The molecule has 2 unspecified atom stereocenters. The second kappa shape index (κ2) is 4.71. The first-order valence-corrected chi connectivity index (χ1v) is 6.70. The van der Waals surface area contributed by atoms with E-state index in [2.05, 4.69) is 5.32 Å². The Hall–Kier alpha value is -1.23. The number of rotatable bonds is 3. The van der Waals surface area contributed by atoms with E-state index in [1.807, 2.05) is 47.3 Å². The van der Waals surface area contributed by atoms with Crippen molar-refractivity contribution in [3.63, 3.8) is 0 Å². The van der Waals surface area contributed by atoms with Crippen LogP contribution in [0.1, 0.15) is 6.42 Å². The lowest BCUT2D eigenvalue weighted by atomic mass is 9.90. The van der Waals surface area contributed by atoms with Crippen LogP contribution in [0, 0.1) is 0 Å². The van der Waals surface area contributed by atoms with Crippen molar-refractivity contribution in [2.45, 2.75) is 17.0 Å². The largest absolute Gasteiger partial charge is 0.378 e. The number of nitrogens with one attached hydrogen (secondary N) is 1. The summed E-state index contributed by atoms with van der Waals surface area (Å²) in [6.07, 6.45) is 10.6. The topological polar surface area (TPSA) is 35.4 Å². The third-order valence-corrected chi connectivity index (χ3v) is 4.38. The molecule has 0 saturated carbocycles. The molecule has 19 heavy (non-hydrogen) atoms. The molecule has 0 bridgehead atoms. The summed E-state index contributed by atoms with van der Waals surface area (Å²) in [5.41, 5.74) is -0.544. The number of hydrogen-bond acceptors (Lipinski definition) is 3. The molecule has 0 radical (unpaired) electrons. The van der Waals surface area contributed by atoms with Crippen LogP contribution >= 0.6 is 11.6 Å². The predicted molar refractivity (Wildman–Crippen MR) is 74.7 cm³/mol. The van der Waals surface area contributed by atoms with Gasteiger partial charge in [0.05, 0.1) is 6.61 Å². The third-order valence-electron chi connectivity index (χ3n) is 3.81. The maximum Gasteiger partial charge on any atom is 0.164 e. The third kappa shape index (κ3) is 2.00. The highest BCUT2D eigenvalue weighted by Crippen LogP contribution is 2.40. The van der Waals surface area contributed by atoms with Crippen LogP contribution in [0.25, 0.3) is 5.82 Å². The molecule has 0 aromatic carbocycles. The summed E-state index contributed by atoms with van der Waals surface area (Å²) >= 11 is 6.79. The highest BCUT2D eigenvalue weighted by Gasteiger charge is 2.53. The second-order valence-electron chi connectivity index (χ2n) is 4.84. The van der Waals surface area contributed by atoms with E-state index < -0.39 is 10.6 Å². The quantitative estimate of drug-likeness (QED) is 0.681. The van der Waals surface area contributed by atoms with E-state index in [1.54, 1.807) is 7.11 Å². The zero-order valence-electron chi connectivity index (χ0n) is 10.8. The summed E-state index contributed by atoms with van der Waals surface area (Å²) in [7, 11) is 1.68. The predicted octanol–water partition coefficient (Wildman–Crippen LogP) is 2.19. The van der Waals surface area contributed by atoms with Gasteiger partial charge in [-0.1, -0.05) is 17.7 Å². The highest BCUT2D eigenvalue weighted by atomic mass is 35.5. The fraction of sp³-hybridized carbons (Fsp3) is 0.429. The zero-order valence-corrected chi connectivity index (χ0v) is 11.6. The Kier molecular flexibility index (Phi) is 3.17. The number of alkyl halides is 1. The van der Waals surface area contributed by atoms with Gasteiger partial charge in [0, 0.05) is 32.5 Å².